The first-order valence-corrected chi connectivity index (χ1v) is 16.0. The van der Waals surface area contributed by atoms with E-state index < -0.39 is 33.9 Å². The Hall–Kier alpha value is -6.07. The molecule has 0 spiro atoms. The number of rotatable bonds is 15. The number of fused-ring (bicyclic) bond motifs is 1. The number of aromatic amines is 1. The van der Waals surface area contributed by atoms with E-state index in [1.54, 1.807) is 42.9 Å². The van der Waals surface area contributed by atoms with Gasteiger partial charge in [0.05, 0.1) is 17.3 Å². The van der Waals surface area contributed by atoms with E-state index in [0.29, 0.717) is 30.4 Å². The highest BCUT2D eigenvalue weighted by atomic mass is 32.2. The first-order chi connectivity index (χ1) is 23.1. The number of aryl methyl sites for hydroxylation is 1. The van der Waals surface area contributed by atoms with Crippen LogP contribution >= 0.6 is 0 Å². The van der Waals surface area contributed by atoms with Gasteiger partial charge in [0.15, 0.2) is 5.95 Å². The quantitative estimate of drug-likeness (QED) is 0.0628. The van der Waals surface area contributed by atoms with Crippen LogP contribution in [0.25, 0.3) is 17.0 Å². The molecule has 3 heterocycles. The molecule has 0 fully saturated rings. The molecule has 7 N–H and O–H groups in total. The number of nitrogens with zero attached hydrogens (tertiary/aromatic N) is 4. The largest absolute Gasteiger partial charge is 0.480 e. The van der Waals surface area contributed by atoms with Crippen LogP contribution in [0.5, 0.6) is 0 Å². The number of carboxylic acids is 1. The maximum atomic E-state index is 12.9. The third-order valence-corrected chi connectivity index (χ3v) is 7.96. The van der Waals surface area contributed by atoms with Gasteiger partial charge in [0.25, 0.3) is 21.9 Å². The highest BCUT2D eigenvalue weighted by Gasteiger charge is 2.22. The molecule has 0 aliphatic heterocycles. The number of carbonyl (C=O) groups excluding carboxylic acids is 2. The van der Waals surface area contributed by atoms with Gasteiger partial charge in [0.2, 0.25) is 0 Å². The van der Waals surface area contributed by atoms with Gasteiger partial charge in [-0.2, -0.15) is 13.5 Å². The Kier molecular flexibility index (Phi) is 10.4. The fraction of sp³-hybridized carbons (Fsp3) is 0.161. The van der Waals surface area contributed by atoms with Crippen LogP contribution in [0, 0.1) is 0 Å². The van der Waals surface area contributed by atoms with Crippen LogP contribution in [0.4, 0.5) is 11.8 Å². The van der Waals surface area contributed by atoms with Crippen LogP contribution in [-0.2, 0) is 21.5 Å². The standard InChI is InChI=1S/C31H31N9O7S/c41-28(21-6-8-25-23(16-21)18-38-40(25)15-3-11-33-31-34-13-14-35-31)37-19-24(30(43)44)39-29(42)22-7-9-27(36-17-22)32-12-10-20-4-1-2-5-26(20)48(45,46)47/h1-2,4-10,12-14,16-18,24H,3,11,15,19H2,(H,32,36)(H,37,41)(H,39,42)(H,43,44)(H2,33,34,35)(H,45,46,47)/b12-10+. The maximum Gasteiger partial charge on any atom is 0.328 e. The van der Waals surface area contributed by atoms with E-state index in [2.05, 4.69) is 41.3 Å². The number of anilines is 2. The summed E-state index contributed by atoms with van der Waals surface area (Å²) < 4.78 is 34.3. The first kappa shape index (κ1) is 33.3. The molecule has 1 atom stereocenters. The highest BCUT2D eigenvalue weighted by Crippen LogP contribution is 2.18. The second kappa shape index (κ2) is 15.0. The molecule has 48 heavy (non-hydrogen) atoms. The predicted octanol–water partition coefficient (Wildman–Crippen LogP) is 2.60. The van der Waals surface area contributed by atoms with Gasteiger partial charge in [-0.05, 0) is 54.5 Å². The molecule has 0 aliphatic rings. The number of H-pyrrole nitrogens is 1. The summed E-state index contributed by atoms with van der Waals surface area (Å²) in [5.41, 5.74) is 1.46. The Morgan fingerprint density at radius 1 is 1.00 bits per heavy atom. The summed E-state index contributed by atoms with van der Waals surface area (Å²) in [5.74, 6) is -1.59. The van der Waals surface area contributed by atoms with Crippen molar-refractivity contribution in [1.82, 2.24) is 35.4 Å². The summed E-state index contributed by atoms with van der Waals surface area (Å²) in [4.78, 5) is 48.4. The fourth-order valence-corrected chi connectivity index (χ4v) is 5.31. The van der Waals surface area contributed by atoms with E-state index in [4.69, 9.17) is 0 Å². The maximum absolute atomic E-state index is 12.9. The third kappa shape index (κ3) is 8.59. The molecule has 2 aromatic carbocycles. The lowest BCUT2D eigenvalue weighted by Crippen LogP contribution is -2.48. The molecule has 5 aromatic rings. The van der Waals surface area contributed by atoms with E-state index in [9.17, 15) is 32.5 Å². The summed E-state index contributed by atoms with van der Waals surface area (Å²) >= 11 is 0. The molecule has 5 rings (SSSR count). The van der Waals surface area contributed by atoms with E-state index in [1.165, 1.54) is 48.8 Å². The van der Waals surface area contributed by atoms with Gasteiger partial charge in [-0.3, -0.25) is 18.8 Å². The molecule has 248 valence electrons. The minimum Gasteiger partial charge on any atom is -0.480 e. The summed E-state index contributed by atoms with van der Waals surface area (Å²) in [6.45, 7) is 0.957. The lowest BCUT2D eigenvalue weighted by Gasteiger charge is -2.15. The summed E-state index contributed by atoms with van der Waals surface area (Å²) in [5, 5.41) is 25.7. The number of imidazole rings is 1. The van der Waals surface area contributed by atoms with Crippen molar-refractivity contribution in [1.29, 1.82) is 0 Å². The number of aliphatic carboxylic acids is 1. The minimum atomic E-state index is -4.41. The number of carboxylic acid groups (broad SMARTS) is 1. The number of amides is 2. The molecule has 0 aliphatic carbocycles. The van der Waals surface area contributed by atoms with Gasteiger partial charge in [-0.15, -0.1) is 0 Å². The first-order valence-electron chi connectivity index (χ1n) is 14.5. The third-order valence-electron chi connectivity index (χ3n) is 7.03. The Bertz CT molecular complexity index is 2040. The van der Waals surface area contributed by atoms with Crippen molar-refractivity contribution in [3.63, 3.8) is 0 Å². The smallest absolute Gasteiger partial charge is 0.328 e. The number of carbonyl (C=O) groups is 3. The number of hydrogen-bond donors (Lipinski definition) is 7. The molecule has 0 radical (unpaired) electrons. The van der Waals surface area contributed by atoms with Gasteiger partial charge < -0.3 is 31.4 Å². The molecule has 16 nitrogen and oxygen atoms in total. The summed E-state index contributed by atoms with van der Waals surface area (Å²) in [6, 6.07) is 12.3. The van der Waals surface area contributed by atoms with Crippen LogP contribution in [0.15, 0.2) is 90.5 Å². The molecule has 0 saturated carbocycles. The van der Waals surface area contributed by atoms with Gasteiger partial charge >= 0.3 is 5.97 Å². The van der Waals surface area contributed by atoms with Crippen molar-refractivity contribution in [2.24, 2.45) is 0 Å². The van der Waals surface area contributed by atoms with Crippen molar-refractivity contribution in [3.8, 4) is 0 Å². The normalized spacial score (nSPS) is 12.1. The van der Waals surface area contributed by atoms with Gasteiger partial charge in [-0.1, -0.05) is 18.2 Å². The molecular formula is C31H31N9O7S. The van der Waals surface area contributed by atoms with Crippen molar-refractivity contribution in [2.45, 2.75) is 23.9 Å². The monoisotopic (exact) mass is 673 g/mol. The van der Waals surface area contributed by atoms with Crippen molar-refractivity contribution < 1.29 is 32.5 Å². The average Bonchev–Trinajstić information content (AvgIpc) is 3.74. The Morgan fingerprint density at radius 2 is 1.81 bits per heavy atom. The van der Waals surface area contributed by atoms with Crippen molar-refractivity contribution in [3.05, 3.63) is 102 Å². The lowest BCUT2D eigenvalue weighted by atomic mass is 10.1. The van der Waals surface area contributed by atoms with Crippen LogP contribution in [0.3, 0.4) is 0 Å². The summed E-state index contributed by atoms with van der Waals surface area (Å²) in [6.07, 6.45) is 9.89. The van der Waals surface area contributed by atoms with E-state index in [0.717, 1.165) is 17.3 Å². The number of nitrogens with one attached hydrogen (secondary N) is 5. The van der Waals surface area contributed by atoms with Gasteiger partial charge in [0.1, 0.15) is 16.8 Å². The second-order valence-corrected chi connectivity index (χ2v) is 11.7. The number of pyridine rings is 1. The van der Waals surface area contributed by atoms with E-state index in [-0.39, 0.29) is 22.6 Å². The molecule has 3 aromatic heterocycles. The summed E-state index contributed by atoms with van der Waals surface area (Å²) in [7, 11) is -4.41. The zero-order valence-corrected chi connectivity index (χ0v) is 26.0. The van der Waals surface area contributed by atoms with E-state index >= 15 is 0 Å². The minimum absolute atomic E-state index is 0.0676. The SMILES string of the molecule is O=C(NCC(NC(=O)c1ccc(N/C=C/c2ccccc2S(=O)(=O)O)nc1)C(=O)O)c1ccc2c(cnn2CCCNc2ncc[nH]2)c1. The van der Waals surface area contributed by atoms with Gasteiger partial charge in [-0.25, -0.2) is 14.8 Å². The zero-order valence-electron chi connectivity index (χ0n) is 25.2. The zero-order chi connectivity index (χ0) is 34.1. The van der Waals surface area contributed by atoms with Crippen LogP contribution in [0.2, 0.25) is 0 Å². The number of benzene rings is 2. The number of hydrogen-bond acceptors (Lipinski definition) is 10. The van der Waals surface area contributed by atoms with Crippen LogP contribution in [0.1, 0.15) is 32.7 Å². The molecule has 1 unspecified atom stereocenters. The molecular weight excluding hydrogens is 642 g/mol. The second-order valence-electron chi connectivity index (χ2n) is 10.4. The lowest BCUT2D eigenvalue weighted by molar-refractivity contribution is -0.139. The fourth-order valence-electron chi connectivity index (χ4n) is 4.63. The predicted molar refractivity (Wildman–Crippen MR) is 176 cm³/mol. The van der Waals surface area contributed by atoms with Crippen LogP contribution < -0.4 is 21.3 Å². The Balaban J connectivity index is 1.12. The Labute approximate surface area is 274 Å². The van der Waals surface area contributed by atoms with Gasteiger partial charge in [0, 0.05) is 55.4 Å². The van der Waals surface area contributed by atoms with Crippen LogP contribution in [-0.4, -0.2) is 79.7 Å². The van der Waals surface area contributed by atoms with Crippen molar-refractivity contribution >= 4 is 56.6 Å². The Morgan fingerprint density at radius 3 is 2.54 bits per heavy atom. The average molecular weight is 674 g/mol. The number of aromatic nitrogens is 5. The molecule has 0 bridgehead atoms. The molecule has 2 amide bonds. The molecule has 17 heteroatoms. The van der Waals surface area contributed by atoms with E-state index in [1.807, 2.05) is 4.68 Å². The highest BCUT2D eigenvalue weighted by molar-refractivity contribution is 7.85. The molecule has 0 saturated heterocycles. The van der Waals surface area contributed by atoms with Crippen molar-refractivity contribution in [2.75, 3.05) is 23.7 Å². The topological polar surface area (TPSA) is 233 Å².